The molecule has 0 aliphatic rings. The molecule has 0 unspecified atom stereocenters. The topological polar surface area (TPSA) is 73.0 Å². The van der Waals surface area contributed by atoms with Crippen LogP contribution in [-0.2, 0) is 5.54 Å². The minimum atomic E-state index is -0.384. The van der Waals surface area contributed by atoms with Crippen molar-refractivity contribution in [2.45, 2.75) is 26.3 Å². The molecule has 6 heteroatoms. The Bertz CT molecular complexity index is 1100. The van der Waals surface area contributed by atoms with Crippen molar-refractivity contribution in [3.63, 3.8) is 0 Å². The maximum Gasteiger partial charge on any atom is 0.296 e. The predicted molar refractivity (Wildman–Crippen MR) is 105 cm³/mol. The van der Waals surface area contributed by atoms with E-state index in [2.05, 4.69) is 36.2 Å². The molecule has 2 aromatic carbocycles. The first-order valence-corrected chi connectivity index (χ1v) is 8.75. The summed E-state index contributed by atoms with van der Waals surface area (Å²) in [6.45, 7) is 6.20. The molecule has 0 aliphatic carbocycles. The van der Waals surface area contributed by atoms with Crippen molar-refractivity contribution < 1.29 is 9.32 Å². The van der Waals surface area contributed by atoms with Crippen molar-refractivity contribution in [1.82, 2.24) is 14.7 Å². The predicted octanol–water partition coefficient (Wildman–Crippen LogP) is 4.70. The molecule has 0 saturated carbocycles. The largest absolute Gasteiger partial charge is 0.350 e. The highest BCUT2D eigenvalue weighted by molar-refractivity contribution is 6.02. The maximum atomic E-state index is 12.7. The molecule has 0 spiro atoms. The Kier molecular flexibility index (Phi) is 4.03. The molecule has 1 amide bonds. The van der Waals surface area contributed by atoms with Crippen LogP contribution in [0, 0.1) is 0 Å². The molecule has 0 atom stereocenters. The van der Waals surface area contributed by atoms with Crippen molar-refractivity contribution in [1.29, 1.82) is 0 Å². The highest BCUT2D eigenvalue weighted by Crippen LogP contribution is 2.28. The van der Waals surface area contributed by atoms with Crippen LogP contribution in [0.15, 0.2) is 65.2 Å². The van der Waals surface area contributed by atoms with E-state index in [-0.39, 0.29) is 17.2 Å². The molecule has 0 radical (unpaired) electrons. The van der Waals surface area contributed by atoms with E-state index in [4.69, 9.17) is 4.52 Å². The number of anilines is 1. The van der Waals surface area contributed by atoms with E-state index in [0.717, 1.165) is 16.6 Å². The highest BCUT2D eigenvalue weighted by atomic mass is 16.5. The third-order valence-electron chi connectivity index (χ3n) is 4.26. The van der Waals surface area contributed by atoms with Crippen molar-refractivity contribution in [3.8, 4) is 11.3 Å². The summed E-state index contributed by atoms with van der Waals surface area (Å²) in [7, 11) is 0. The summed E-state index contributed by atoms with van der Waals surface area (Å²) in [4.78, 5) is 17.3. The summed E-state index contributed by atoms with van der Waals surface area (Å²) < 4.78 is 7.26. The number of hydrogen-bond acceptors (Lipinski definition) is 4. The number of nitrogens with zero attached hydrogens (tertiary/aromatic N) is 3. The number of imidazole rings is 1. The quantitative estimate of drug-likeness (QED) is 0.575. The van der Waals surface area contributed by atoms with Gasteiger partial charge in [-0.15, -0.1) is 0 Å². The van der Waals surface area contributed by atoms with Crippen LogP contribution in [0.4, 0.5) is 5.95 Å². The Labute approximate surface area is 156 Å². The second-order valence-electron chi connectivity index (χ2n) is 7.33. The lowest BCUT2D eigenvalue weighted by Crippen LogP contribution is -2.25. The average Bonchev–Trinajstić information content (AvgIpc) is 3.26. The Balaban J connectivity index is 1.67. The summed E-state index contributed by atoms with van der Waals surface area (Å²) in [6.07, 6.45) is 0. The number of carbonyl (C=O) groups is 1. The fourth-order valence-corrected chi connectivity index (χ4v) is 3.08. The van der Waals surface area contributed by atoms with Crippen LogP contribution >= 0.6 is 0 Å². The lowest BCUT2D eigenvalue weighted by Gasteiger charge is -2.24. The van der Waals surface area contributed by atoms with Crippen LogP contribution < -0.4 is 5.32 Å². The molecule has 0 aliphatic heterocycles. The number of benzene rings is 2. The highest BCUT2D eigenvalue weighted by Gasteiger charge is 2.24. The van der Waals surface area contributed by atoms with Gasteiger partial charge >= 0.3 is 0 Å². The zero-order valence-corrected chi connectivity index (χ0v) is 15.4. The van der Waals surface area contributed by atoms with Gasteiger partial charge in [0, 0.05) is 17.2 Å². The SMILES string of the molecule is CC(C)(C)n1c(NC(=O)c2cc(-c3ccccc3)no2)nc2ccccc21. The van der Waals surface area contributed by atoms with Gasteiger partial charge in [0.2, 0.25) is 11.7 Å². The van der Waals surface area contributed by atoms with Gasteiger partial charge in [-0.2, -0.15) is 0 Å². The molecular weight excluding hydrogens is 340 g/mol. The average molecular weight is 360 g/mol. The van der Waals surface area contributed by atoms with Gasteiger partial charge in [0.15, 0.2) is 0 Å². The second kappa shape index (κ2) is 6.39. The molecule has 6 nitrogen and oxygen atoms in total. The Morgan fingerprint density at radius 1 is 1.04 bits per heavy atom. The van der Waals surface area contributed by atoms with Gasteiger partial charge in [0.1, 0.15) is 5.69 Å². The summed E-state index contributed by atoms with van der Waals surface area (Å²) in [5.41, 5.74) is 3.04. The minimum absolute atomic E-state index is 0.140. The maximum absolute atomic E-state index is 12.7. The monoisotopic (exact) mass is 360 g/mol. The first kappa shape index (κ1) is 17.0. The Hall–Kier alpha value is -3.41. The molecule has 4 rings (SSSR count). The lowest BCUT2D eigenvalue weighted by molar-refractivity contribution is 0.0986. The van der Waals surface area contributed by atoms with E-state index in [1.807, 2.05) is 59.2 Å². The molecule has 136 valence electrons. The van der Waals surface area contributed by atoms with E-state index in [0.29, 0.717) is 11.6 Å². The third-order valence-corrected chi connectivity index (χ3v) is 4.26. The molecule has 0 saturated heterocycles. The van der Waals surface area contributed by atoms with E-state index in [1.54, 1.807) is 6.07 Å². The fourth-order valence-electron chi connectivity index (χ4n) is 3.08. The summed E-state index contributed by atoms with van der Waals surface area (Å²) in [5, 5.41) is 6.87. The van der Waals surface area contributed by atoms with Crippen molar-refractivity contribution >= 4 is 22.9 Å². The molecule has 2 heterocycles. The Morgan fingerprint density at radius 2 is 1.74 bits per heavy atom. The normalized spacial score (nSPS) is 11.7. The number of aromatic nitrogens is 3. The van der Waals surface area contributed by atoms with Crippen LogP contribution in [-0.4, -0.2) is 20.6 Å². The number of carbonyl (C=O) groups excluding carboxylic acids is 1. The lowest BCUT2D eigenvalue weighted by atomic mass is 10.1. The van der Waals surface area contributed by atoms with Crippen molar-refractivity contribution in [2.24, 2.45) is 0 Å². The number of fused-ring (bicyclic) bond motifs is 1. The summed E-state index contributed by atoms with van der Waals surface area (Å²) in [6, 6.07) is 19.0. The van der Waals surface area contributed by atoms with Crippen LogP contribution in [0.2, 0.25) is 0 Å². The van der Waals surface area contributed by atoms with E-state index in [9.17, 15) is 4.79 Å². The molecule has 4 aromatic rings. The molecule has 1 N–H and O–H groups in total. The van der Waals surface area contributed by atoms with Crippen molar-refractivity contribution in [2.75, 3.05) is 5.32 Å². The van der Waals surface area contributed by atoms with Crippen LogP contribution in [0.25, 0.3) is 22.3 Å². The second-order valence-corrected chi connectivity index (χ2v) is 7.33. The summed E-state index contributed by atoms with van der Waals surface area (Å²) in [5.74, 6) is 0.234. The number of para-hydroxylation sites is 2. The van der Waals surface area contributed by atoms with E-state index >= 15 is 0 Å². The smallest absolute Gasteiger partial charge is 0.296 e. The fraction of sp³-hybridized carbons (Fsp3) is 0.190. The zero-order chi connectivity index (χ0) is 19.0. The third kappa shape index (κ3) is 3.21. The number of amides is 1. The number of hydrogen-bond donors (Lipinski definition) is 1. The van der Waals surface area contributed by atoms with Crippen LogP contribution in [0.5, 0.6) is 0 Å². The molecule has 0 fully saturated rings. The van der Waals surface area contributed by atoms with Gasteiger partial charge in [-0.1, -0.05) is 47.6 Å². The zero-order valence-electron chi connectivity index (χ0n) is 15.4. The molecule has 27 heavy (non-hydrogen) atoms. The molecular formula is C21H20N4O2. The van der Waals surface area contributed by atoms with E-state index < -0.39 is 0 Å². The van der Waals surface area contributed by atoms with Gasteiger partial charge in [0.05, 0.1) is 11.0 Å². The van der Waals surface area contributed by atoms with Gasteiger partial charge in [-0.25, -0.2) is 4.98 Å². The number of nitrogens with one attached hydrogen (secondary N) is 1. The first-order chi connectivity index (χ1) is 12.9. The number of rotatable bonds is 3. The Morgan fingerprint density at radius 3 is 2.48 bits per heavy atom. The van der Waals surface area contributed by atoms with E-state index in [1.165, 1.54) is 0 Å². The minimum Gasteiger partial charge on any atom is -0.350 e. The van der Waals surface area contributed by atoms with Gasteiger partial charge < -0.3 is 9.09 Å². The molecule has 0 bridgehead atoms. The van der Waals surface area contributed by atoms with Crippen LogP contribution in [0.3, 0.4) is 0 Å². The van der Waals surface area contributed by atoms with Crippen LogP contribution in [0.1, 0.15) is 31.3 Å². The van der Waals surface area contributed by atoms with Crippen molar-refractivity contribution in [3.05, 3.63) is 66.4 Å². The van der Waals surface area contributed by atoms with Gasteiger partial charge in [-0.3, -0.25) is 10.1 Å². The summed E-state index contributed by atoms with van der Waals surface area (Å²) >= 11 is 0. The standard InChI is InChI=1S/C21H20N4O2/c1-21(2,3)25-17-12-8-7-11-15(17)22-20(25)23-19(26)18-13-16(24-27-18)14-9-5-4-6-10-14/h4-13H,1-3H3,(H,22,23,26). The molecule has 2 aromatic heterocycles. The van der Waals surface area contributed by atoms with Gasteiger partial charge in [0.25, 0.3) is 5.91 Å². The van der Waals surface area contributed by atoms with Gasteiger partial charge in [-0.05, 0) is 32.9 Å². The first-order valence-electron chi connectivity index (χ1n) is 8.75.